The van der Waals surface area contributed by atoms with Crippen LogP contribution in [0.5, 0.6) is 0 Å². The number of carbonyl (C=O) groups excluding carboxylic acids is 1. The number of anilines is 1. The molecule has 1 aromatic heterocycles. The first-order valence-electron chi connectivity index (χ1n) is 6.59. The van der Waals surface area contributed by atoms with Gasteiger partial charge in [0.2, 0.25) is 10.0 Å². The minimum Gasteiger partial charge on any atom is -0.288 e. The zero-order valence-electron chi connectivity index (χ0n) is 11.5. The molecule has 110 valence electrons. The number of nitrogens with one attached hydrogen (secondary N) is 2. The predicted octanol–water partition coefficient (Wildman–Crippen LogP) is 2.15. The summed E-state index contributed by atoms with van der Waals surface area (Å²) >= 11 is 0. The lowest BCUT2D eigenvalue weighted by Crippen LogP contribution is -2.16. The molecule has 7 heteroatoms. The number of nitrogens with zero attached hydrogens (tertiary/aromatic N) is 1. The number of benzene rings is 2. The smallest absolute Gasteiger partial charge is 0.229 e. The van der Waals surface area contributed by atoms with E-state index in [1.807, 2.05) is 6.07 Å². The van der Waals surface area contributed by atoms with Gasteiger partial charge in [-0.2, -0.15) is 5.10 Å². The Kier molecular flexibility index (Phi) is 2.47. The van der Waals surface area contributed by atoms with E-state index < -0.39 is 10.0 Å². The van der Waals surface area contributed by atoms with Gasteiger partial charge in [-0.25, -0.2) is 8.42 Å². The Labute approximate surface area is 126 Å². The van der Waals surface area contributed by atoms with Gasteiger partial charge in [-0.05, 0) is 12.1 Å². The van der Waals surface area contributed by atoms with Crippen molar-refractivity contribution >= 4 is 32.4 Å². The summed E-state index contributed by atoms with van der Waals surface area (Å²) in [4.78, 5) is 12.8. The highest BCUT2D eigenvalue weighted by Crippen LogP contribution is 2.40. The second kappa shape index (κ2) is 4.17. The second-order valence-corrected chi connectivity index (χ2v) is 6.98. The van der Waals surface area contributed by atoms with Crippen molar-refractivity contribution in [2.45, 2.75) is 0 Å². The van der Waals surface area contributed by atoms with Crippen LogP contribution in [0.3, 0.4) is 0 Å². The van der Waals surface area contributed by atoms with Crippen LogP contribution in [0.2, 0.25) is 0 Å². The van der Waals surface area contributed by atoms with E-state index in [-0.39, 0.29) is 11.5 Å². The lowest BCUT2D eigenvalue weighted by atomic mass is 9.86. The van der Waals surface area contributed by atoms with Crippen LogP contribution >= 0.6 is 0 Å². The molecule has 3 aromatic rings. The first kappa shape index (κ1) is 13.0. The normalized spacial score (nSPS) is 13.2. The van der Waals surface area contributed by atoms with E-state index in [9.17, 15) is 13.2 Å². The van der Waals surface area contributed by atoms with E-state index in [1.54, 1.807) is 30.3 Å². The Morgan fingerprint density at radius 1 is 1.09 bits per heavy atom. The summed E-state index contributed by atoms with van der Waals surface area (Å²) < 4.78 is 25.5. The van der Waals surface area contributed by atoms with Gasteiger partial charge in [-0.15, -0.1) is 0 Å². The number of ketones is 1. The summed E-state index contributed by atoms with van der Waals surface area (Å²) in [7, 11) is -3.48. The Bertz CT molecular complexity index is 1050. The summed E-state index contributed by atoms with van der Waals surface area (Å²) in [5.41, 5.74) is 3.21. The monoisotopic (exact) mass is 313 g/mol. The van der Waals surface area contributed by atoms with E-state index in [4.69, 9.17) is 0 Å². The minimum atomic E-state index is -3.48. The molecule has 4 rings (SSSR count). The fraction of sp³-hybridized carbons (Fsp3) is 0.0667. The van der Waals surface area contributed by atoms with E-state index in [0.29, 0.717) is 22.4 Å². The van der Waals surface area contributed by atoms with Gasteiger partial charge in [0.05, 0.1) is 23.0 Å². The molecule has 1 aliphatic rings. The van der Waals surface area contributed by atoms with Gasteiger partial charge in [0.15, 0.2) is 5.78 Å². The third kappa shape index (κ3) is 1.75. The molecule has 2 N–H and O–H groups in total. The molecule has 0 saturated heterocycles. The zero-order valence-corrected chi connectivity index (χ0v) is 12.4. The molecule has 0 amide bonds. The summed E-state index contributed by atoms with van der Waals surface area (Å²) in [5.74, 6) is -0.207. The van der Waals surface area contributed by atoms with E-state index in [1.165, 1.54) is 0 Å². The number of aromatic amines is 1. The van der Waals surface area contributed by atoms with Crippen LogP contribution in [-0.4, -0.2) is 30.7 Å². The molecule has 1 heterocycles. The molecular weight excluding hydrogens is 302 g/mol. The molecule has 0 saturated carbocycles. The SMILES string of the molecule is CS(=O)(=O)Nc1cccc2c1C(=O)c1cccc3[nH]nc-2c13. The summed E-state index contributed by atoms with van der Waals surface area (Å²) in [6.45, 7) is 0. The van der Waals surface area contributed by atoms with Crippen molar-refractivity contribution in [3.63, 3.8) is 0 Å². The van der Waals surface area contributed by atoms with E-state index in [0.717, 1.165) is 17.2 Å². The highest BCUT2D eigenvalue weighted by Gasteiger charge is 2.29. The molecule has 0 aliphatic heterocycles. The third-order valence-corrected chi connectivity index (χ3v) is 4.27. The quantitative estimate of drug-likeness (QED) is 0.593. The van der Waals surface area contributed by atoms with Crippen LogP contribution in [0.15, 0.2) is 36.4 Å². The third-order valence-electron chi connectivity index (χ3n) is 3.68. The Morgan fingerprint density at radius 3 is 2.59 bits per heavy atom. The Morgan fingerprint density at radius 2 is 1.82 bits per heavy atom. The predicted molar refractivity (Wildman–Crippen MR) is 83.4 cm³/mol. The number of aromatic nitrogens is 2. The van der Waals surface area contributed by atoms with Crippen molar-refractivity contribution in [1.82, 2.24) is 10.2 Å². The topological polar surface area (TPSA) is 91.9 Å². The molecule has 0 spiro atoms. The van der Waals surface area contributed by atoms with Gasteiger partial charge in [-0.3, -0.25) is 14.6 Å². The van der Waals surface area contributed by atoms with Crippen molar-refractivity contribution < 1.29 is 13.2 Å². The van der Waals surface area contributed by atoms with Crippen molar-refractivity contribution in [3.8, 4) is 11.3 Å². The number of H-pyrrole nitrogens is 1. The van der Waals surface area contributed by atoms with Crippen LogP contribution in [0.1, 0.15) is 15.9 Å². The molecule has 0 bridgehead atoms. The van der Waals surface area contributed by atoms with Crippen molar-refractivity contribution in [1.29, 1.82) is 0 Å². The Balaban J connectivity index is 2.08. The molecule has 22 heavy (non-hydrogen) atoms. The van der Waals surface area contributed by atoms with Gasteiger partial charge in [-0.1, -0.05) is 24.3 Å². The van der Waals surface area contributed by atoms with Gasteiger partial charge < -0.3 is 0 Å². The van der Waals surface area contributed by atoms with Crippen LogP contribution in [-0.2, 0) is 10.0 Å². The van der Waals surface area contributed by atoms with Crippen LogP contribution < -0.4 is 4.72 Å². The number of hydrogen-bond donors (Lipinski definition) is 2. The number of rotatable bonds is 2. The van der Waals surface area contributed by atoms with Gasteiger partial charge in [0.25, 0.3) is 0 Å². The number of fused-ring (bicyclic) bond motifs is 2. The first-order valence-corrected chi connectivity index (χ1v) is 8.48. The molecule has 1 aliphatic carbocycles. The second-order valence-electron chi connectivity index (χ2n) is 5.23. The van der Waals surface area contributed by atoms with Crippen molar-refractivity contribution in [2.75, 3.05) is 11.0 Å². The van der Waals surface area contributed by atoms with Crippen molar-refractivity contribution in [2.24, 2.45) is 0 Å². The Hall–Kier alpha value is -2.67. The molecule has 0 radical (unpaired) electrons. The number of sulfonamides is 1. The summed E-state index contributed by atoms with van der Waals surface area (Å²) in [6, 6.07) is 10.4. The standard InChI is InChI=1S/C15H11N3O3S/c1-22(20,21)18-11-7-2-4-8-13(11)15(19)9-5-3-6-10-12(9)14(8)17-16-10/h2-7,18H,1H3,(H,16,17). The number of carbonyl (C=O) groups is 1. The minimum absolute atomic E-state index is 0.207. The summed E-state index contributed by atoms with van der Waals surface area (Å²) in [5, 5.41) is 7.97. The van der Waals surface area contributed by atoms with Crippen LogP contribution in [0.25, 0.3) is 22.2 Å². The lowest BCUT2D eigenvalue weighted by molar-refractivity contribution is 0.104. The maximum atomic E-state index is 12.8. The van der Waals surface area contributed by atoms with Gasteiger partial charge in [0.1, 0.15) is 5.69 Å². The largest absolute Gasteiger partial charge is 0.288 e. The van der Waals surface area contributed by atoms with Crippen molar-refractivity contribution in [3.05, 3.63) is 47.5 Å². The fourth-order valence-corrected chi connectivity index (χ4v) is 3.44. The van der Waals surface area contributed by atoms with Crippen LogP contribution in [0, 0.1) is 0 Å². The first-order chi connectivity index (χ1) is 10.5. The van der Waals surface area contributed by atoms with E-state index in [2.05, 4.69) is 14.9 Å². The zero-order chi connectivity index (χ0) is 15.5. The average Bonchev–Trinajstić information content (AvgIpc) is 2.88. The summed E-state index contributed by atoms with van der Waals surface area (Å²) in [6.07, 6.45) is 1.06. The average molecular weight is 313 g/mol. The van der Waals surface area contributed by atoms with E-state index >= 15 is 0 Å². The lowest BCUT2D eigenvalue weighted by Gasteiger charge is -2.18. The van der Waals surface area contributed by atoms with Gasteiger partial charge >= 0.3 is 0 Å². The molecule has 0 atom stereocenters. The van der Waals surface area contributed by atoms with Gasteiger partial charge in [0, 0.05) is 16.5 Å². The fourth-order valence-electron chi connectivity index (χ4n) is 2.87. The molecule has 0 unspecified atom stereocenters. The molecule has 6 nitrogen and oxygen atoms in total. The van der Waals surface area contributed by atoms with Crippen LogP contribution in [0.4, 0.5) is 5.69 Å². The molecule has 0 fully saturated rings. The number of hydrogen-bond acceptors (Lipinski definition) is 4. The maximum absolute atomic E-state index is 12.8. The highest BCUT2D eigenvalue weighted by atomic mass is 32.2. The maximum Gasteiger partial charge on any atom is 0.229 e. The molecular formula is C15H11N3O3S. The highest BCUT2D eigenvalue weighted by molar-refractivity contribution is 7.92. The molecule has 2 aromatic carbocycles.